The molecular formula is C14H22N2O6S. The van der Waals surface area contributed by atoms with Crippen LogP contribution in [0.3, 0.4) is 0 Å². The van der Waals surface area contributed by atoms with Gasteiger partial charge in [-0.1, -0.05) is 6.92 Å². The van der Waals surface area contributed by atoms with Gasteiger partial charge in [-0.05, 0) is 12.8 Å². The standard InChI is InChI=1S/C14H22N2O6S/c1-2-4-15(8-13(18)19)14(20)10-6-12(17)16(7-10)11-3-5-23(21,22)9-11/h10-11H,2-9H2,1H3,(H,18,19). The van der Waals surface area contributed by atoms with Crippen molar-refractivity contribution in [3.8, 4) is 0 Å². The summed E-state index contributed by atoms with van der Waals surface area (Å²) >= 11 is 0. The number of aliphatic carboxylic acids is 1. The van der Waals surface area contributed by atoms with E-state index in [1.54, 1.807) is 0 Å². The Hall–Kier alpha value is -1.64. The van der Waals surface area contributed by atoms with Gasteiger partial charge in [0.1, 0.15) is 6.54 Å². The molecule has 2 unspecified atom stereocenters. The Bertz CT molecular complexity index is 602. The Morgan fingerprint density at radius 2 is 2.09 bits per heavy atom. The number of carboxylic acid groups (broad SMARTS) is 1. The average molecular weight is 346 g/mol. The molecule has 0 aromatic heterocycles. The number of sulfone groups is 1. The maximum atomic E-state index is 12.5. The molecule has 1 N–H and O–H groups in total. The fourth-order valence-corrected chi connectivity index (χ4v) is 4.96. The summed E-state index contributed by atoms with van der Waals surface area (Å²) < 4.78 is 23.1. The minimum atomic E-state index is -3.10. The van der Waals surface area contributed by atoms with E-state index in [0.717, 1.165) is 0 Å². The van der Waals surface area contributed by atoms with Crippen LogP contribution in [0.25, 0.3) is 0 Å². The highest BCUT2D eigenvalue weighted by molar-refractivity contribution is 7.91. The molecular weight excluding hydrogens is 324 g/mol. The molecule has 2 heterocycles. The summed E-state index contributed by atoms with van der Waals surface area (Å²) in [5.74, 6) is -2.22. The molecule has 2 aliphatic heterocycles. The van der Waals surface area contributed by atoms with Gasteiger partial charge in [-0.25, -0.2) is 8.42 Å². The number of nitrogens with zero attached hydrogens (tertiary/aromatic N) is 2. The minimum Gasteiger partial charge on any atom is -0.480 e. The van der Waals surface area contributed by atoms with Crippen molar-refractivity contribution < 1.29 is 27.9 Å². The summed E-state index contributed by atoms with van der Waals surface area (Å²) in [5, 5.41) is 8.90. The number of carboxylic acids is 1. The Balaban J connectivity index is 2.03. The van der Waals surface area contributed by atoms with Crippen molar-refractivity contribution in [2.75, 3.05) is 31.1 Å². The van der Waals surface area contributed by atoms with Crippen LogP contribution < -0.4 is 0 Å². The lowest BCUT2D eigenvalue weighted by molar-refractivity contribution is -0.146. The molecule has 130 valence electrons. The highest BCUT2D eigenvalue weighted by atomic mass is 32.2. The van der Waals surface area contributed by atoms with E-state index in [9.17, 15) is 22.8 Å². The summed E-state index contributed by atoms with van der Waals surface area (Å²) in [6.07, 6.45) is 1.06. The second-order valence-electron chi connectivity index (χ2n) is 6.16. The largest absolute Gasteiger partial charge is 0.480 e. The van der Waals surface area contributed by atoms with Gasteiger partial charge in [0.2, 0.25) is 11.8 Å². The fourth-order valence-electron chi connectivity index (χ4n) is 3.23. The van der Waals surface area contributed by atoms with Crippen molar-refractivity contribution >= 4 is 27.6 Å². The maximum absolute atomic E-state index is 12.5. The lowest BCUT2D eigenvalue weighted by atomic mass is 10.1. The fraction of sp³-hybridized carbons (Fsp3) is 0.786. The van der Waals surface area contributed by atoms with E-state index in [4.69, 9.17) is 5.11 Å². The van der Waals surface area contributed by atoms with E-state index in [1.807, 2.05) is 6.92 Å². The molecule has 8 nitrogen and oxygen atoms in total. The van der Waals surface area contributed by atoms with Gasteiger partial charge in [-0.2, -0.15) is 0 Å². The van der Waals surface area contributed by atoms with Crippen LogP contribution in [-0.4, -0.2) is 78.3 Å². The number of hydrogen-bond donors (Lipinski definition) is 1. The van der Waals surface area contributed by atoms with Crippen molar-refractivity contribution in [3.05, 3.63) is 0 Å². The minimum absolute atomic E-state index is 0.0230. The van der Waals surface area contributed by atoms with Crippen molar-refractivity contribution in [1.29, 1.82) is 0 Å². The van der Waals surface area contributed by atoms with Crippen molar-refractivity contribution in [2.45, 2.75) is 32.2 Å². The van der Waals surface area contributed by atoms with Crippen LogP contribution in [0.5, 0.6) is 0 Å². The lowest BCUT2D eigenvalue weighted by Gasteiger charge is -2.25. The molecule has 0 aromatic carbocycles. The molecule has 0 radical (unpaired) electrons. The maximum Gasteiger partial charge on any atom is 0.323 e. The molecule has 2 aliphatic rings. The van der Waals surface area contributed by atoms with E-state index >= 15 is 0 Å². The quantitative estimate of drug-likeness (QED) is 0.684. The first-order valence-electron chi connectivity index (χ1n) is 7.74. The first-order chi connectivity index (χ1) is 10.7. The van der Waals surface area contributed by atoms with Gasteiger partial charge in [0, 0.05) is 25.6 Å². The summed E-state index contributed by atoms with van der Waals surface area (Å²) in [6, 6.07) is -0.357. The lowest BCUT2D eigenvalue weighted by Crippen LogP contribution is -2.42. The molecule has 0 bridgehead atoms. The molecule has 9 heteroatoms. The average Bonchev–Trinajstić information content (AvgIpc) is 2.99. The smallest absolute Gasteiger partial charge is 0.323 e. The zero-order chi connectivity index (χ0) is 17.2. The van der Waals surface area contributed by atoms with Gasteiger partial charge in [-0.15, -0.1) is 0 Å². The first-order valence-corrected chi connectivity index (χ1v) is 9.56. The molecule has 2 rings (SSSR count). The highest BCUT2D eigenvalue weighted by Gasteiger charge is 2.42. The van der Waals surface area contributed by atoms with Crippen LogP contribution in [0.15, 0.2) is 0 Å². The van der Waals surface area contributed by atoms with Gasteiger partial charge in [0.15, 0.2) is 9.84 Å². The van der Waals surface area contributed by atoms with E-state index in [2.05, 4.69) is 0 Å². The summed E-state index contributed by atoms with van der Waals surface area (Å²) in [6.45, 7) is 1.97. The van der Waals surface area contributed by atoms with Crippen LogP contribution in [0, 0.1) is 5.92 Å². The van der Waals surface area contributed by atoms with E-state index < -0.39 is 21.7 Å². The van der Waals surface area contributed by atoms with E-state index in [1.165, 1.54) is 9.80 Å². The molecule has 0 spiro atoms. The molecule has 2 fully saturated rings. The predicted octanol–water partition coefficient (Wildman–Crippen LogP) is -0.655. The normalized spacial score (nSPS) is 26.5. The van der Waals surface area contributed by atoms with E-state index in [0.29, 0.717) is 19.4 Å². The second-order valence-corrected chi connectivity index (χ2v) is 8.39. The summed E-state index contributed by atoms with van der Waals surface area (Å²) in [5.41, 5.74) is 0. The van der Waals surface area contributed by atoms with Gasteiger partial charge in [-0.3, -0.25) is 14.4 Å². The third-order valence-corrected chi connectivity index (χ3v) is 6.04. The number of amides is 2. The van der Waals surface area contributed by atoms with E-state index in [-0.39, 0.29) is 48.9 Å². The Morgan fingerprint density at radius 1 is 1.39 bits per heavy atom. The zero-order valence-electron chi connectivity index (χ0n) is 13.1. The highest BCUT2D eigenvalue weighted by Crippen LogP contribution is 2.27. The van der Waals surface area contributed by atoms with Crippen LogP contribution in [0.2, 0.25) is 0 Å². The third kappa shape index (κ3) is 4.21. The molecule has 23 heavy (non-hydrogen) atoms. The van der Waals surface area contributed by atoms with Crippen LogP contribution in [0.1, 0.15) is 26.2 Å². The predicted molar refractivity (Wildman–Crippen MR) is 81.4 cm³/mol. The summed E-state index contributed by atoms with van der Waals surface area (Å²) in [4.78, 5) is 38.2. The number of rotatable bonds is 6. The number of likely N-dealkylation sites (tertiary alicyclic amines) is 1. The van der Waals surface area contributed by atoms with Crippen molar-refractivity contribution in [2.24, 2.45) is 5.92 Å². The molecule has 0 aromatic rings. The first kappa shape index (κ1) is 17.7. The monoisotopic (exact) mass is 346 g/mol. The summed E-state index contributed by atoms with van der Waals surface area (Å²) in [7, 11) is -3.10. The van der Waals surface area contributed by atoms with Gasteiger partial charge in [0.25, 0.3) is 0 Å². The van der Waals surface area contributed by atoms with Crippen molar-refractivity contribution in [3.63, 3.8) is 0 Å². The Labute approximate surface area is 135 Å². The van der Waals surface area contributed by atoms with Crippen LogP contribution >= 0.6 is 0 Å². The van der Waals surface area contributed by atoms with Crippen molar-refractivity contribution in [1.82, 2.24) is 9.80 Å². The van der Waals surface area contributed by atoms with Gasteiger partial charge >= 0.3 is 5.97 Å². The number of carbonyl (C=O) groups is 3. The Morgan fingerprint density at radius 3 is 2.61 bits per heavy atom. The molecule has 2 saturated heterocycles. The van der Waals surface area contributed by atoms with Crippen LogP contribution in [-0.2, 0) is 24.2 Å². The Kier molecular flexibility index (Phi) is 5.28. The van der Waals surface area contributed by atoms with Gasteiger partial charge in [0.05, 0.1) is 17.4 Å². The molecule has 0 aliphatic carbocycles. The molecule has 2 amide bonds. The zero-order valence-corrected chi connectivity index (χ0v) is 13.9. The number of hydrogen-bond acceptors (Lipinski definition) is 5. The number of carbonyl (C=O) groups excluding carboxylic acids is 2. The second kappa shape index (κ2) is 6.86. The van der Waals surface area contributed by atoms with Gasteiger partial charge < -0.3 is 14.9 Å². The topological polar surface area (TPSA) is 112 Å². The SMILES string of the molecule is CCCN(CC(=O)O)C(=O)C1CC(=O)N(C2CCS(=O)(=O)C2)C1. The molecule has 0 saturated carbocycles. The third-order valence-electron chi connectivity index (χ3n) is 4.29. The molecule has 2 atom stereocenters. The van der Waals surface area contributed by atoms with Crippen LogP contribution in [0.4, 0.5) is 0 Å².